The molecule has 0 aliphatic carbocycles. The zero-order chi connectivity index (χ0) is 50.7. The Morgan fingerprint density at radius 1 is 0.594 bits per heavy atom. The van der Waals surface area contributed by atoms with Crippen LogP contribution in [0.3, 0.4) is 0 Å². The Morgan fingerprint density at radius 3 is 1.65 bits per heavy atom. The molecule has 0 N–H and O–H groups in total. The molecule has 2 rings (SSSR count). The van der Waals surface area contributed by atoms with Crippen LogP contribution in [0.5, 0.6) is 11.5 Å². The molecule has 0 radical (unpaired) electrons. The van der Waals surface area contributed by atoms with Gasteiger partial charge >= 0.3 is 11.9 Å². The van der Waals surface area contributed by atoms with Crippen molar-refractivity contribution in [1.82, 2.24) is 4.90 Å². The molecule has 4 atom stereocenters. The highest BCUT2D eigenvalue weighted by molar-refractivity contribution is 5.73. The average Bonchev–Trinajstić information content (AvgIpc) is 3.30. The molecule has 6 nitrogen and oxygen atoms in total. The number of ether oxygens (including phenoxy) is 3. The summed E-state index contributed by atoms with van der Waals surface area (Å²) < 4.78 is 19.0. The highest BCUT2D eigenvalue weighted by Crippen LogP contribution is 2.42. The summed E-state index contributed by atoms with van der Waals surface area (Å²) in [6, 6.07) is 2.09. The van der Waals surface area contributed by atoms with Crippen LogP contribution in [0.2, 0.25) is 0 Å². The van der Waals surface area contributed by atoms with Gasteiger partial charge in [-0.2, -0.15) is 0 Å². The molecule has 402 valence electrons. The monoisotopic (exact) mass is 966 g/mol. The maximum Gasteiger partial charge on any atom is 0.311 e. The van der Waals surface area contributed by atoms with Crippen LogP contribution < -0.4 is 9.47 Å². The van der Waals surface area contributed by atoms with Crippen LogP contribution in [-0.4, -0.2) is 49.2 Å². The van der Waals surface area contributed by atoms with E-state index in [1.54, 1.807) is 0 Å². The second-order valence-corrected chi connectivity index (χ2v) is 23.7. The number of carbonyl (C=O) groups is 2. The lowest BCUT2D eigenvalue weighted by Crippen LogP contribution is -2.36. The van der Waals surface area contributed by atoms with E-state index in [9.17, 15) is 9.59 Å². The van der Waals surface area contributed by atoms with Crippen molar-refractivity contribution >= 4 is 11.9 Å². The lowest BCUT2D eigenvalue weighted by atomic mass is 9.85. The normalized spacial score (nSPS) is 16.2. The van der Waals surface area contributed by atoms with E-state index in [-0.39, 0.29) is 23.6 Å². The van der Waals surface area contributed by atoms with Gasteiger partial charge in [0.2, 0.25) is 0 Å². The molecule has 1 aromatic rings. The summed E-state index contributed by atoms with van der Waals surface area (Å²) in [6.45, 7) is 21.7. The number of aryl methyl sites for hydroxylation is 1. The lowest BCUT2D eigenvalue weighted by molar-refractivity contribution is -0.150. The van der Waals surface area contributed by atoms with E-state index in [1.165, 1.54) is 166 Å². The minimum absolute atomic E-state index is 0.0271. The highest BCUT2D eigenvalue weighted by Gasteiger charge is 2.33. The quantitative estimate of drug-likeness (QED) is 0.0369. The number of nitrogens with zero attached hydrogens (tertiary/aromatic N) is 1. The molecular weight excluding hydrogens is 851 g/mol. The average molecular weight is 967 g/mol. The molecule has 0 saturated heterocycles. The van der Waals surface area contributed by atoms with Crippen molar-refractivity contribution in [3.8, 4) is 11.5 Å². The van der Waals surface area contributed by atoms with Gasteiger partial charge in [-0.3, -0.25) is 9.59 Å². The molecule has 0 aromatic heterocycles. The van der Waals surface area contributed by atoms with Crippen molar-refractivity contribution in [3.05, 3.63) is 22.8 Å². The van der Waals surface area contributed by atoms with Gasteiger partial charge < -0.3 is 19.1 Å². The first-order chi connectivity index (χ1) is 33.2. The van der Waals surface area contributed by atoms with Crippen LogP contribution in [0.1, 0.15) is 296 Å². The van der Waals surface area contributed by atoms with Crippen molar-refractivity contribution in [2.45, 2.75) is 312 Å². The van der Waals surface area contributed by atoms with Gasteiger partial charge in [-0.25, -0.2) is 0 Å². The standard InChI is InChI=1S/C63H115NO5/c1-12-14-16-18-20-27-41-58(42-28-21-19-17-15-13-2)67-60(65)43-29-23-22-25-39-56(46-49-64(10)11)40-26-24-30-44-61(66)68-59-50-57-45-48-63(9,69-62(57)55(8)54(59)7)47-33-38-53(6)37-32-36-52(5)35-31-34-51(3)4/h50-53,56,58H,12-49H2,1-11H3. The number of unbranched alkanes of at least 4 members (excludes halogenated alkanes) is 15. The predicted molar refractivity (Wildman–Crippen MR) is 297 cm³/mol. The molecule has 0 spiro atoms. The maximum absolute atomic E-state index is 13.2. The summed E-state index contributed by atoms with van der Waals surface area (Å²) in [5, 5.41) is 0. The van der Waals surface area contributed by atoms with Crippen LogP contribution in [0, 0.1) is 37.5 Å². The zero-order valence-corrected chi connectivity index (χ0v) is 47.8. The van der Waals surface area contributed by atoms with Gasteiger partial charge in [0.15, 0.2) is 0 Å². The fourth-order valence-corrected chi connectivity index (χ4v) is 10.8. The van der Waals surface area contributed by atoms with Gasteiger partial charge in [-0.1, -0.05) is 196 Å². The third-order valence-corrected chi connectivity index (χ3v) is 15.9. The summed E-state index contributed by atoms with van der Waals surface area (Å²) in [5.41, 5.74) is 3.18. The largest absolute Gasteiger partial charge is 0.487 e. The summed E-state index contributed by atoms with van der Waals surface area (Å²) in [7, 11) is 4.34. The molecule has 1 aliphatic rings. The number of benzene rings is 1. The molecule has 1 aromatic carbocycles. The van der Waals surface area contributed by atoms with Gasteiger partial charge in [0.05, 0.1) is 0 Å². The summed E-state index contributed by atoms with van der Waals surface area (Å²) in [5.74, 6) is 4.80. The van der Waals surface area contributed by atoms with Crippen LogP contribution in [0.4, 0.5) is 0 Å². The van der Waals surface area contributed by atoms with Gasteiger partial charge in [-0.15, -0.1) is 0 Å². The first-order valence-corrected chi connectivity index (χ1v) is 30.0. The third-order valence-electron chi connectivity index (χ3n) is 15.9. The number of hydrogen-bond acceptors (Lipinski definition) is 6. The van der Waals surface area contributed by atoms with E-state index in [4.69, 9.17) is 14.2 Å². The summed E-state index contributed by atoms with van der Waals surface area (Å²) in [4.78, 5) is 28.4. The topological polar surface area (TPSA) is 65.1 Å². The second-order valence-electron chi connectivity index (χ2n) is 23.7. The number of esters is 2. The molecule has 1 aliphatic heterocycles. The smallest absolute Gasteiger partial charge is 0.311 e. The number of hydrogen-bond donors (Lipinski definition) is 0. The summed E-state index contributed by atoms with van der Waals surface area (Å²) in [6.07, 6.45) is 43.6. The first kappa shape index (κ1) is 63.0. The Labute approximate surface area is 429 Å². The molecule has 0 saturated carbocycles. The molecule has 0 bridgehead atoms. The van der Waals surface area contributed by atoms with Crippen LogP contribution in [0.25, 0.3) is 0 Å². The Morgan fingerprint density at radius 2 is 1.09 bits per heavy atom. The lowest BCUT2D eigenvalue weighted by Gasteiger charge is -2.37. The molecule has 69 heavy (non-hydrogen) atoms. The van der Waals surface area contributed by atoms with Crippen molar-refractivity contribution in [1.29, 1.82) is 0 Å². The van der Waals surface area contributed by atoms with E-state index in [2.05, 4.69) is 87.4 Å². The minimum atomic E-state index is -0.140. The molecular formula is C63H115NO5. The second kappa shape index (κ2) is 38.5. The number of carbonyl (C=O) groups excluding carboxylic acids is 2. The van der Waals surface area contributed by atoms with E-state index in [0.717, 1.165) is 105 Å². The van der Waals surface area contributed by atoms with Crippen LogP contribution in [0.15, 0.2) is 6.07 Å². The van der Waals surface area contributed by atoms with Gasteiger partial charge in [0.25, 0.3) is 0 Å². The summed E-state index contributed by atoms with van der Waals surface area (Å²) >= 11 is 0. The van der Waals surface area contributed by atoms with E-state index in [1.807, 2.05) is 0 Å². The van der Waals surface area contributed by atoms with Gasteiger partial charge in [0, 0.05) is 12.8 Å². The Balaban J connectivity index is 1.70. The van der Waals surface area contributed by atoms with E-state index >= 15 is 0 Å². The number of rotatable bonds is 44. The van der Waals surface area contributed by atoms with Gasteiger partial charge in [0.1, 0.15) is 23.2 Å². The Kier molecular flexibility index (Phi) is 35.2. The molecule has 0 amide bonds. The van der Waals surface area contributed by atoms with Crippen molar-refractivity contribution < 1.29 is 23.8 Å². The highest BCUT2D eigenvalue weighted by atomic mass is 16.5. The van der Waals surface area contributed by atoms with Crippen molar-refractivity contribution in [3.63, 3.8) is 0 Å². The fraction of sp³-hybridized carbons (Fsp3) is 0.873. The zero-order valence-electron chi connectivity index (χ0n) is 47.8. The maximum atomic E-state index is 13.2. The Hall–Kier alpha value is -2.08. The Bertz CT molecular complexity index is 1440. The predicted octanol–water partition coefficient (Wildman–Crippen LogP) is 19.0. The van der Waals surface area contributed by atoms with Crippen molar-refractivity contribution in [2.75, 3.05) is 20.6 Å². The van der Waals surface area contributed by atoms with Crippen molar-refractivity contribution in [2.24, 2.45) is 23.7 Å². The number of fused-ring (bicyclic) bond motifs is 1. The molecule has 0 fully saturated rings. The van der Waals surface area contributed by atoms with E-state index in [0.29, 0.717) is 24.5 Å². The van der Waals surface area contributed by atoms with Gasteiger partial charge in [-0.05, 0) is 158 Å². The molecule has 1 heterocycles. The third kappa shape index (κ3) is 30.5. The first-order valence-electron chi connectivity index (χ1n) is 30.0. The SMILES string of the molecule is CCCCCCCCC(CCCCCCCC)OC(=O)CCCCCCC(CCCCCC(=O)Oc1cc2c(c(C)c1C)OC(C)(CCCC(C)CCCC(C)CCCC(C)C)CC2)CCN(C)C. The minimum Gasteiger partial charge on any atom is -0.487 e. The van der Waals surface area contributed by atoms with E-state index < -0.39 is 0 Å². The van der Waals surface area contributed by atoms with Crippen LogP contribution in [-0.2, 0) is 20.7 Å². The molecule has 4 unspecified atom stereocenters. The van der Waals surface area contributed by atoms with Crippen LogP contribution >= 0.6 is 0 Å². The fourth-order valence-electron chi connectivity index (χ4n) is 10.8. The molecule has 6 heteroatoms.